The van der Waals surface area contributed by atoms with Gasteiger partial charge >= 0.3 is 0 Å². The summed E-state index contributed by atoms with van der Waals surface area (Å²) in [6, 6.07) is 7.18. The van der Waals surface area contributed by atoms with E-state index in [0.717, 1.165) is 31.5 Å². The van der Waals surface area contributed by atoms with Crippen LogP contribution in [0.1, 0.15) is 38.7 Å². The Morgan fingerprint density at radius 1 is 1.35 bits per heavy atom. The van der Waals surface area contributed by atoms with Gasteiger partial charge in [-0.3, -0.25) is 0 Å². The molecule has 110 valence electrons. The maximum Gasteiger partial charge on any atom is 0.142 e. The summed E-state index contributed by atoms with van der Waals surface area (Å²) in [5, 5.41) is 9.19. The number of nitrogens with zero attached hydrogens (tertiary/aromatic N) is 2. The fourth-order valence-corrected chi connectivity index (χ4v) is 2.71. The van der Waals surface area contributed by atoms with Gasteiger partial charge in [-0.05, 0) is 50.7 Å². The van der Waals surface area contributed by atoms with Gasteiger partial charge in [0.25, 0.3) is 0 Å². The summed E-state index contributed by atoms with van der Waals surface area (Å²) in [7, 11) is 2.07. The second-order valence-electron chi connectivity index (χ2n) is 5.05. The number of piperidine rings is 1. The van der Waals surface area contributed by atoms with Crippen molar-refractivity contribution in [3.63, 3.8) is 0 Å². The highest BCUT2D eigenvalue weighted by Gasteiger charge is 2.35. The van der Waals surface area contributed by atoms with Crippen LogP contribution >= 0.6 is 11.6 Å². The summed E-state index contributed by atoms with van der Waals surface area (Å²) >= 11 is 5.72. The Labute approximate surface area is 126 Å². The maximum atomic E-state index is 13.6. The Bertz CT molecular complexity index is 474. The number of nitriles is 1. The summed E-state index contributed by atoms with van der Waals surface area (Å²) in [6.45, 7) is 5.87. The molecule has 0 amide bonds. The number of hydrogen-bond donors (Lipinski definition) is 0. The molecule has 1 fully saturated rings. The van der Waals surface area contributed by atoms with Crippen LogP contribution in [0.3, 0.4) is 0 Å². The monoisotopic (exact) mass is 296 g/mol. The Balaban J connectivity index is 0.000000956. The quantitative estimate of drug-likeness (QED) is 0.809. The Morgan fingerprint density at radius 3 is 2.45 bits per heavy atom. The standard InChI is InChI=1S/C14H16ClFN2.C2H6/c1-18-8-5-14(4-7-17,6-9-18)11-2-3-12(15)13(16)10-11;1-2/h2-3,10H,4-6,8-9H2,1H3;1-2H3. The molecule has 0 bridgehead atoms. The predicted molar refractivity (Wildman–Crippen MR) is 81.4 cm³/mol. The second-order valence-corrected chi connectivity index (χ2v) is 5.45. The third-order valence-electron chi connectivity index (χ3n) is 3.89. The van der Waals surface area contributed by atoms with Gasteiger partial charge in [0.05, 0.1) is 11.1 Å². The number of benzene rings is 1. The third kappa shape index (κ3) is 3.71. The average molecular weight is 297 g/mol. The van der Waals surface area contributed by atoms with E-state index in [4.69, 9.17) is 16.9 Å². The molecule has 1 saturated heterocycles. The van der Waals surface area contributed by atoms with E-state index < -0.39 is 5.82 Å². The first-order valence-electron chi connectivity index (χ1n) is 7.08. The van der Waals surface area contributed by atoms with Crippen molar-refractivity contribution in [2.24, 2.45) is 0 Å². The molecular weight excluding hydrogens is 275 g/mol. The van der Waals surface area contributed by atoms with Crippen molar-refractivity contribution >= 4 is 11.6 Å². The first kappa shape index (κ1) is 16.9. The van der Waals surface area contributed by atoms with Crippen molar-refractivity contribution in [3.8, 4) is 6.07 Å². The van der Waals surface area contributed by atoms with E-state index in [-0.39, 0.29) is 10.4 Å². The van der Waals surface area contributed by atoms with Crippen molar-refractivity contribution in [3.05, 3.63) is 34.6 Å². The SMILES string of the molecule is CC.CN1CCC(CC#N)(c2ccc(Cl)c(F)c2)CC1. The molecule has 1 heterocycles. The van der Waals surface area contributed by atoms with Gasteiger partial charge in [0.15, 0.2) is 0 Å². The van der Waals surface area contributed by atoms with Gasteiger partial charge in [0.2, 0.25) is 0 Å². The fraction of sp³-hybridized carbons (Fsp3) is 0.562. The van der Waals surface area contributed by atoms with Gasteiger partial charge in [-0.2, -0.15) is 5.26 Å². The summed E-state index contributed by atoms with van der Waals surface area (Å²) in [6.07, 6.45) is 2.21. The molecule has 2 nitrogen and oxygen atoms in total. The van der Waals surface area contributed by atoms with Crippen molar-refractivity contribution in [2.45, 2.75) is 38.5 Å². The van der Waals surface area contributed by atoms with E-state index in [2.05, 4.69) is 18.0 Å². The maximum absolute atomic E-state index is 13.6. The van der Waals surface area contributed by atoms with E-state index in [0.29, 0.717) is 6.42 Å². The number of rotatable bonds is 2. The van der Waals surface area contributed by atoms with Crippen molar-refractivity contribution in [1.29, 1.82) is 5.26 Å². The number of halogens is 2. The molecular formula is C16H22ClFN2. The Hall–Kier alpha value is -1.11. The van der Waals surface area contributed by atoms with Crippen LogP contribution < -0.4 is 0 Å². The lowest BCUT2D eigenvalue weighted by molar-refractivity contribution is 0.189. The van der Waals surface area contributed by atoms with Crippen LogP contribution in [0.15, 0.2) is 18.2 Å². The van der Waals surface area contributed by atoms with Crippen LogP contribution in [-0.2, 0) is 5.41 Å². The van der Waals surface area contributed by atoms with Crippen molar-refractivity contribution < 1.29 is 4.39 Å². The molecule has 20 heavy (non-hydrogen) atoms. The first-order valence-corrected chi connectivity index (χ1v) is 7.46. The predicted octanol–water partition coefficient (Wildman–Crippen LogP) is 4.38. The van der Waals surface area contributed by atoms with Crippen LogP contribution in [0, 0.1) is 17.1 Å². The zero-order valence-electron chi connectivity index (χ0n) is 12.4. The molecule has 1 aliphatic heterocycles. The van der Waals surface area contributed by atoms with Crippen molar-refractivity contribution in [2.75, 3.05) is 20.1 Å². The van der Waals surface area contributed by atoms with Gasteiger partial charge in [0, 0.05) is 11.8 Å². The molecule has 0 aliphatic carbocycles. The lowest BCUT2D eigenvalue weighted by Crippen LogP contribution is -2.40. The van der Waals surface area contributed by atoms with Crippen molar-refractivity contribution in [1.82, 2.24) is 4.90 Å². The van der Waals surface area contributed by atoms with E-state index in [1.165, 1.54) is 6.07 Å². The van der Waals surface area contributed by atoms with Crippen LogP contribution in [0.5, 0.6) is 0 Å². The lowest BCUT2D eigenvalue weighted by atomic mass is 9.71. The molecule has 1 aromatic carbocycles. The molecule has 0 N–H and O–H groups in total. The van der Waals surface area contributed by atoms with Crippen LogP contribution in [0.2, 0.25) is 5.02 Å². The largest absolute Gasteiger partial charge is 0.306 e. The molecule has 0 atom stereocenters. The van der Waals surface area contributed by atoms with E-state index in [9.17, 15) is 4.39 Å². The third-order valence-corrected chi connectivity index (χ3v) is 4.20. The molecule has 0 saturated carbocycles. The first-order chi connectivity index (χ1) is 9.57. The zero-order chi connectivity index (χ0) is 15.2. The molecule has 0 radical (unpaired) electrons. The molecule has 4 heteroatoms. The van der Waals surface area contributed by atoms with Gasteiger partial charge in [-0.1, -0.05) is 31.5 Å². The highest BCUT2D eigenvalue weighted by Crippen LogP contribution is 2.39. The lowest BCUT2D eigenvalue weighted by Gasteiger charge is -2.39. The minimum Gasteiger partial charge on any atom is -0.306 e. The molecule has 2 rings (SSSR count). The normalized spacial score (nSPS) is 17.8. The summed E-state index contributed by atoms with van der Waals surface area (Å²) in [5.41, 5.74) is 0.686. The van der Waals surface area contributed by atoms with Gasteiger partial charge in [0.1, 0.15) is 5.82 Å². The summed E-state index contributed by atoms with van der Waals surface area (Å²) < 4.78 is 13.6. The Kier molecular flexibility index (Phi) is 6.45. The molecule has 1 aliphatic rings. The molecule has 0 spiro atoms. The van der Waals surface area contributed by atoms with Gasteiger partial charge in [-0.25, -0.2) is 4.39 Å². The fourth-order valence-electron chi connectivity index (χ4n) is 2.59. The molecule has 1 aromatic rings. The second kappa shape index (κ2) is 7.61. The average Bonchev–Trinajstić information content (AvgIpc) is 2.47. The van der Waals surface area contributed by atoms with E-state index in [1.54, 1.807) is 6.07 Å². The highest BCUT2D eigenvalue weighted by molar-refractivity contribution is 6.30. The smallest absolute Gasteiger partial charge is 0.142 e. The van der Waals surface area contributed by atoms with E-state index in [1.807, 2.05) is 19.9 Å². The minimum atomic E-state index is -0.398. The topological polar surface area (TPSA) is 27.0 Å². The molecule has 0 aromatic heterocycles. The Morgan fingerprint density at radius 2 is 1.95 bits per heavy atom. The summed E-state index contributed by atoms with van der Waals surface area (Å²) in [4.78, 5) is 2.24. The zero-order valence-corrected chi connectivity index (χ0v) is 13.2. The highest BCUT2D eigenvalue weighted by atomic mass is 35.5. The molecule has 0 unspecified atom stereocenters. The number of hydrogen-bond acceptors (Lipinski definition) is 2. The van der Waals surface area contributed by atoms with Gasteiger partial charge < -0.3 is 4.90 Å². The summed E-state index contributed by atoms with van der Waals surface area (Å²) in [5.74, 6) is -0.398. The van der Waals surface area contributed by atoms with E-state index >= 15 is 0 Å². The van der Waals surface area contributed by atoms with Crippen LogP contribution in [0.4, 0.5) is 4.39 Å². The minimum absolute atomic E-state index is 0.138. The van der Waals surface area contributed by atoms with Gasteiger partial charge in [-0.15, -0.1) is 0 Å². The van der Waals surface area contributed by atoms with Crippen LogP contribution in [-0.4, -0.2) is 25.0 Å². The van der Waals surface area contributed by atoms with Crippen LogP contribution in [0.25, 0.3) is 0 Å². The number of likely N-dealkylation sites (tertiary alicyclic amines) is 1.